The Morgan fingerprint density at radius 2 is 1.11 bits per heavy atom. The Hall–Kier alpha value is -7.13. The van der Waals surface area contributed by atoms with E-state index in [1.165, 1.54) is 111 Å². The predicted octanol–water partition coefficient (Wildman–Crippen LogP) is 19.0. The first-order chi connectivity index (χ1) is 32.5. The number of nitrogens with zero attached hydrogens (tertiary/aromatic N) is 1. The van der Waals surface area contributed by atoms with Crippen LogP contribution >= 0.6 is 12.6 Å². The fourth-order valence-electron chi connectivity index (χ4n) is 9.58. The minimum absolute atomic E-state index is 0.986. The van der Waals surface area contributed by atoms with Crippen molar-refractivity contribution in [2.75, 3.05) is 11.2 Å². The highest BCUT2D eigenvalue weighted by molar-refractivity contribution is 7.79. The van der Waals surface area contributed by atoms with Crippen LogP contribution in [0.1, 0.15) is 45.1 Å². The van der Waals surface area contributed by atoms with E-state index in [1.54, 1.807) is 6.26 Å². The summed E-state index contributed by atoms with van der Waals surface area (Å²) in [6.07, 6.45) is 13.2. The first-order valence-corrected chi connectivity index (χ1v) is 24.3. The van der Waals surface area contributed by atoms with Crippen molar-refractivity contribution in [1.29, 1.82) is 0 Å². The van der Waals surface area contributed by atoms with Gasteiger partial charge in [-0.1, -0.05) is 203 Å². The van der Waals surface area contributed by atoms with Crippen molar-refractivity contribution in [3.63, 3.8) is 0 Å². The highest BCUT2D eigenvalue weighted by Crippen LogP contribution is 2.47. The second-order valence-corrected chi connectivity index (χ2v) is 17.1. The Labute approximate surface area is 396 Å². The second kappa shape index (κ2) is 19.9. The van der Waals surface area contributed by atoms with Gasteiger partial charge in [0.05, 0.1) is 0 Å². The van der Waals surface area contributed by atoms with E-state index < -0.39 is 0 Å². The molecule has 0 spiro atoms. The van der Waals surface area contributed by atoms with Gasteiger partial charge >= 0.3 is 0 Å². The summed E-state index contributed by atoms with van der Waals surface area (Å²) in [5.41, 5.74) is 13.0. The fourth-order valence-corrected chi connectivity index (χ4v) is 9.58. The van der Waals surface area contributed by atoms with Crippen molar-refractivity contribution in [3.8, 4) is 33.4 Å². The molecule has 0 saturated carbocycles. The SMILES string of the molecule is C=C(C1=CCCC=C1)N(c1ccc(-c2ccc3c(-c4cccc5c4ccc4cc6ccccc6cc45)c4ccccc4c(-c4ccccc4)c3c2)cc1)c1ccccc1C.CCCC.CS. The van der Waals surface area contributed by atoms with Gasteiger partial charge in [0.1, 0.15) is 0 Å². The predicted molar refractivity (Wildman–Crippen MR) is 295 cm³/mol. The third-order valence-corrected chi connectivity index (χ3v) is 13.0. The fraction of sp³-hybridized carbons (Fsp3) is 0.125. The number of hydrogen-bond acceptors (Lipinski definition) is 2. The zero-order valence-electron chi connectivity index (χ0n) is 38.6. The van der Waals surface area contributed by atoms with Crippen LogP contribution in [-0.2, 0) is 0 Å². The van der Waals surface area contributed by atoms with Gasteiger partial charge in [-0.15, -0.1) is 0 Å². The molecule has 0 heterocycles. The summed E-state index contributed by atoms with van der Waals surface area (Å²) in [4.78, 5) is 2.31. The maximum absolute atomic E-state index is 4.64. The van der Waals surface area contributed by atoms with Gasteiger partial charge < -0.3 is 4.90 Å². The lowest BCUT2D eigenvalue weighted by Gasteiger charge is -2.30. The Kier molecular flexibility index (Phi) is 13.3. The van der Waals surface area contributed by atoms with E-state index in [0.717, 1.165) is 29.9 Å². The summed E-state index contributed by atoms with van der Waals surface area (Å²) in [6, 6.07) is 69.5. The standard InChI is InChI=1S/C59H43N.C4H10.CH4S/c1-39-16-9-14-27-57(39)60(40(2)41-17-5-3-6-18-41)48-32-28-42(29-33-48)46-30-35-54-56(38-46)58(43-19-7-4-8-20-43)52-23-12-13-24-53(52)59(54)51-26-15-25-49-50(51)34-31-47-36-44-21-10-11-22-45(44)37-55(47)49;1-3-4-2;1-2/h4-5,7-38H,2-3,6H2,1H3;3-4H2,1-2H3;2H,1H3. The maximum atomic E-state index is 4.64. The lowest BCUT2D eigenvalue weighted by molar-refractivity contribution is 0.886. The van der Waals surface area contributed by atoms with Gasteiger partial charge in [-0.3, -0.25) is 0 Å². The summed E-state index contributed by atoms with van der Waals surface area (Å²) in [6.45, 7) is 11.2. The minimum atomic E-state index is 0.986. The second-order valence-electron chi connectivity index (χ2n) is 17.1. The van der Waals surface area contributed by atoms with Gasteiger partial charge in [0, 0.05) is 17.1 Å². The highest BCUT2D eigenvalue weighted by Gasteiger charge is 2.21. The molecule has 0 aliphatic heterocycles. The molecule has 324 valence electrons. The number of allylic oxidation sites excluding steroid dienone is 3. The number of rotatable bonds is 8. The molecule has 2 heteroatoms. The van der Waals surface area contributed by atoms with Crippen molar-refractivity contribution >= 4 is 77.9 Å². The minimum Gasteiger partial charge on any atom is -0.310 e. The van der Waals surface area contributed by atoms with E-state index in [1.807, 2.05) is 0 Å². The molecule has 11 rings (SSSR count). The van der Waals surface area contributed by atoms with Crippen LogP contribution in [0.5, 0.6) is 0 Å². The number of hydrogen-bond donors (Lipinski definition) is 1. The molecule has 0 unspecified atom stereocenters. The normalized spacial score (nSPS) is 12.1. The van der Waals surface area contributed by atoms with Gasteiger partial charge in [0.2, 0.25) is 0 Å². The van der Waals surface area contributed by atoms with E-state index in [4.69, 9.17) is 0 Å². The molecule has 0 radical (unpaired) electrons. The molecule has 1 aliphatic rings. The average Bonchev–Trinajstić information content (AvgIpc) is 3.39. The topological polar surface area (TPSA) is 3.24 Å². The van der Waals surface area contributed by atoms with Crippen LogP contribution in [0, 0.1) is 6.92 Å². The molecule has 0 fully saturated rings. The Morgan fingerprint density at radius 3 is 1.82 bits per heavy atom. The molecule has 0 atom stereocenters. The van der Waals surface area contributed by atoms with E-state index in [0.29, 0.717) is 0 Å². The molecule has 1 aliphatic carbocycles. The molecule has 1 nitrogen and oxygen atoms in total. The maximum Gasteiger partial charge on any atom is 0.0490 e. The van der Waals surface area contributed by atoms with E-state index in [2.05, 4.69) is 251 Å². The first kappa shape index (κ1) is 44.1. The van der Waals surface area contributed by atoms with Gasteiger partial charge in [-0.05, 0) is 161 Å². The molecule has 10 aromatic carbocycles. The zero-order valence-corrected chi connectivity index (χ0v) is 39.5. The van der Waals surface area contributed by atoms with Gasteiger partial charge in [-0.2, -0.15) is 12.6 Å². The number of fused-ring (bicyclic) bond motifs is 6. The number of aryl methyl sites for hydroxylation is 1. The Morgan fingerprint density at radius 1 is 0.485 bits per heavy atom. The zero-order chi connectivity index (χ0) is 45.6. The summed E-state index contributed by atoms with van der Waals surface area (Å²) in [5.74, 6) is 0. The summed E-state index contributed by atoms with van der Waals surface area (Å²) in [7, 11) is 0. The number of anilines is 2. The van der Waals surface area contributed by atoms with Gasteiger partial charge in [0.25, 0.3) is 0 Å². The molecule has 0 bridgehead atoms. The highest BCUT2D eigenvalue weighted by atomic mass is 32.1. The molecule has 0 N–H and O–H groups in total. The smallest absolute Gasteiger partial charge is 0.0490 e. The molecular formula is C64H57NS. The van der Waals surface area contributed by atoms with E-state index >= 15 is 0 Å². The monoisotopic (exact) mass is 871 g/mol. The van der Waals surface area contributed by atoms with E-state index in [9.17, 15) is 0 Å². The number of para-hydroxylation sites is 1. The summed E-state index contributed by atoms with van der Waals surface area (Å²) in [5, 5.41) is 12.6. The van der Waals surface area contributed by atoms with Crippen molar-refractivity contribution in [2.24, 2.45) is 0 Å². The summed E-state index contributed by atoms with van der Waals surface area (Å²) < 4.78 is 0. The largest absolute Gasteiger partial charge is 0.310 e. The van der Waals surface area contributed by atoms with Crippen molar-refractivity contribution < 1.29 is 0 Å². The summed E-state index contributed by atoms with van der Waals surface area (Å²) >= 11 is 3.53. The van der Waals surface area contributed by atoms with E-state index in [-0.39, 0.29) is 0 Å². The molecule has 10 aromatic rings. The van der Waals surface area contributed by atoms with Gasteiger partial charge in [-0.25, -0.2) is 0 Å². The lowest BCUT2D eigenvalue weighted by Crippen LogP contribution is -2.18. The Balaban J connectivity index is 0.000000868. The first-order valence-electron chi connectivity index (χ1n) is 23.4. The van der Waals surface area contributed by atoms with Crippen LogP contribution in [0.2, 0.25) is 0 Å². The van der Waals surface area contributed by atoms with Crippen molar-refractivity contribution in [2.45, 2.75) is 46.5 Å². The van der Waals surface area contributed by atoms with Crippen LogP contribution < -0.4 is 4.90 Å². The Bertz CT molecular complexity index is 3430. The number of unbranched alkanes of at least 4 members (excludes halogenated alkanes) is 1. The van der Waals surface area contributed by atoms with Crippen LogP contribution in [0.4, 0.5) is 11.4 Å². The average molecular weight is 872 g/mol. The molecule has 0 aromatic heterocycles. The van der Waals surface area contributed by atoms with Crippen LogP contribution in [-0.4, -0.2) is 6.26 Å². The third kappa shape index (κ3) is 8.46. The molecular weight excluding hydrogens is 815 g/mol. The van der Waals surface area contributed by atoms with Crippen molar-refractivity contribution in [1.82, 2.24) is 0 Å². The van der Waals surface area contributed by atoms with Crippen LogP contribution in [0.15, 0.2) is 224 Å². The number of benzene rings is 10. The lowest BCUT2D eigenvalue weighted by atomic mass is 9.83. The molecule has 66 heavy (non-hydrogen) atoms. The quantitative estimate of drug-likeness (QED) is 0.0904. The van der Waals surface area contributed by atoms with Crippen LogP contribution in [0.25, 0.3) is 87.2 Å². The third-order valence-electron chi connectivity index (χ3n) is 13.0. The molecule has 0 saturated heterocycles. The molecule has 0 amide bonds. The van der Waals surface area contributed by atoms with Gasteiger partial charge in [0.15, 0.2) is 0 Å². The number of thiol groups is 1. The van der Waals surface area contributed by atoms with Crippen molar-refractivity contribution in [3.05, 3.63) is 230 Å². The van der Waals surface area contributed by atoms with Crippen LogP contribution in [0.3, 0.4) is 0 Å².